The van der Waals surface area contributed by atoms with Crippen LogP contribution in [0.5, 0.6) is 0 Å². The van der Waals surface area contributed by atoms with Gasteiger partial charge in [0.1, 0.15) is 0 Å². The predicted octanol–water partition coefficient (Wildman–Crippen LogP) is 1.18. The molecule has 2 aromatic rings. The van der Waals surface area contributed by atoms with Crippen molar-refractivity contribution in [3.63, 3.8) is 0 Å². The third-order valence-electron chi connectivity index (χ3n) is 4.13. The van der Waals surface area contributed by atoms with Gasteiger partial charge in [0, 0.05) is 38.4 Å². The number of nitrogens with zero attached hydrogens (tertiary/aromatic N) is 3. The highest BCUT2D eigenvalue weighted by Crippen LogP contribution is 2.22. The topological polar surface area (TPSA) is 84.3 Å². The van der Waals surface area contributed by atoms with Crippen LogP contribution in [0.25, 0.3) is 0 Å². The number of hydrogen-bond donors (Lipinski definition) is 1. The molecule has 1 amide bonds. The molecule has 1 aliphatic rings. The second-order valence-corrected chi connectivity index (χ2v) is 8.14. The molecule has 1 aromatic heterocycles. The Morgan fingerprint density at radius 2 is 2.16 bits per heavy atom. The molecule has 7 nitrogen and oxygen atoms in total. The lowest BCUT2D eigenvalue weighted by Crippen LogP contribution is -2.29. The number of hydrogen-bond acceptors (Lipinski definition) is 4. The molecule has 0 radical (unpaired) electrons. The maximum absolute atomic E-state index is 12.6. The van der Waals surface area contributed by atoms with Crippen LogP contribution in [-0.4, -0.2) is 48.6 Å². The third-order valence-corrected chi connectivity index (χ3v) is 5.65. The van der Waals surface area contributed by atoms with E-state index >= 15 is 0 Å². The van der Waals surface area contributed by atoms with Gasteiger partial charge in [0.2, 0.25) is 10.0 Å². The number of sulfonamides is 1. The van der Waals surface area contributed by atoms with E-state index < -0.39 is 10.0 Å². The number of nitrogens with one attached hydrogen (secondary N) is 1. The van der Waals surface area contributed by atoms with Crippen LogP contribution in [0.1, 0.15) is 28.8 Å². The van der Waals surface area contributed by atoms with Crippen molar-refractivity contribution in [2.75, 3.05) is 13.6 Å². The quantitative estimate of drug-likeness (QED) is 0.801. The van der Waals surface area contributed by atoms with Gasteiger partial charge in [-0.3, -0.25) is 9.48 Å². The molecule has 1 fully saturated rings. The highest BCUT2D eigenvalue weighted by atomic mass is 32.2. The summed E-state index contributed by atoms with van der Waals surface area (Å²) in [6, 6.07) is 6.22. The molecule has 1 N–H and O–H groups in total. The van der Waals surface area contributed by atoms with E-state index in [1.54, 1.807) is 35.0 Å². The second-order valence-electron chi connectivity index (χ2n) is 6.42. The summed E-state index contributed by atoms with van der Waals surface area (Å²) in [6.07, 6.45) is 6.12. The first-order chi connectivity index (χ1) is 11.8. The van der Waals surface area contributed by atoms with Gasteiger partial charge in [0.25, 0.3) is 5.91 Å². The van der Waals surface area contributed by atoms with Gasteiger partial charge in [-0.2, -0.15) is 5.10 Å². The Balaban J connectivity index is 1.67. The van der Waals surface area contributed by atoms with Crippen molar-refractivity contribution in [1.82, 2.24) is 19.4 Å². The van der Waals surface area contributed by atoms with Gasteiger partial charge in [-0.05, 0) is 43.0 Å². The van der Waals surface area contributed by atoms with E-state index in [1.807, 2.05) is 13.2 Å². The molecule has 25 heavy (non-hydrogen) atoms. The summed E-state index contributed by atoms with van der Waals surface area (Å²) < 4.78 is 28.9. The lowest BCUT2D eigenvalue weighted by atomic mass is 10.2. The van der Waals surface area contributed by atoms with Crippen LogP contribution < -0.4 is 4.72 Å². The zero-order valence-corrected chi connectivity index (χ0v) is 15.2. The first-order valence-electron chi connectivity index (χ1n) is 8.20. The molecule has 0 aliphatic heterocycles. The zero-order chi connectivity index (χ0) is 18.0. The van der Waals surface area contributed by atoms with Crippen LogP contribution in [0.3, 0.4) is 0 Å². The highest BCUT2D eigenvalue weighted by molar-refractivity contribution is 7.89. The Morgan fingerprint density at radius 3 is 2.80 bits per heavy atom. The van der Waals surface area contributed by atoms with Crippen molar-refractivity contribution in [3.05, 3.63) is 47.8 Å². The number of carbonyl (C=O) groups is 1. The number of aromatic nitrogens is 2. The SMILES string of the molecule is CN(CCc1cnn(C)c1)C(=O)c1cccc(S(=O)(=O)NC2CC2)c1. The van der Waals surface area contributed by atoms with E-state index in [1.165, 1.54) is 12.1 Å². The van der Waals surface area contributed by atoms with Gasteiger partial charge in [-0.25, -0.2) is 13.1 Å². The van der Waals surface area contributed by atoms with E-state index in [-0.39, 0.29) is 16.8 Å². The van der Waals surface area contributed by atoms with E-state index in [4.69, 9.17) is 0 Å². The fraction of sp³-hybridized carbons (Fsp3) is 0.412. The maximum Gasteiger partial charge on any atom is 0.253 e. The second kappa shape index (κ2) is 6.97. The number of benzene rings is 1. The number of likely N-dealkylation sites (N-methyl/N-ethyl adjacent to an activating group) is 1. The minimum Gasteiger partial charge on any atom is -0.341 e. The van der Waals surface area contributed by atoms with Crippen molar-refractivity contribution in [1.29, 1.82) is 0 Å². The minimum absolute atomic E-state index is 0.0338. The summed E-state index contributed by atoms with van der Waals surface area (Å²) in [6.45, 7) is 0.530. The van der Waals surface area contributed by atoms with Gasteiger partial charge in [0.05, 0.1) is 11.1 Å². The molecule has 0 saturated heterocycles. The Morgan fingerprint density at radius 1 is 1.40 bits per heavy atom. The van der Waals surface area contributed by atoms with Crippen LogP contribution in [0.15, 0.2) is 41.6 Å². The number of rotatable bonds is 7. The summed E-state index contributed by atoms with van der Waals surface area (Å²) >= 11 is 0. The van der Waals surface area contributed by atoms with Crippen molar-refractivity contribution >= 4 is 15.9 Å². The molecule has 1 saturated carbocycles. The lowest BCUT2D eigenvalue weighted by molar-refractivity contribution is 0.0796. The van der Waals surface area contributed by atoms with Crippen molar-refractivity contribution < 1.29 is 13.2 Å². The highest BCUT2D eigenvalue weighted by Gasteiger charge is 2.28. The zero-order valence-electron chi connectivity index (χ0n) is 14.3. The molecule has 0 atom stereocenters. The average molecular weight is 362 g/mol. The number of carbonyl (C=O) groups excluding carboxylic acids is 1. The van der Waals surface area contributed by atoms with Crippen LogP contribution in [0, 0.1) is 0 Å². The summed E-state index contributed by atoms with van der Waals surface area (Å²) in [4.78, 5) is 14.3. The predicted molar refractivity (Wildman–Crippen MR) is 93.7 cm³/mol. The van der Waals surface area contributed by atoms with Gasteiger partial charge in [-0.1, -0.05) is 6.07 Å². The fourth-order valence-electron chi connectivity index (χ4n) is 2.50. The van der Waals surface area contributed by atoms with E-state index in [0.29, 0.717) is 18.5 Å². The normalized spacial score (nSPS) is 14.5. The minimum atomic E-state index is -3.56. The fourth-order valence-corrected chi connectivity index (χ4v) is 3.86. The largest absolute Gasteiger partial charge is 0.341 e. The van der Waals surface area contributed by atoms with E-state index in [2.05, 4.69) is 9.82 Å². The summed E-state index contributed by atoms with van der Waals surface area (Å²) in [7, 11) is -0.00519. The standard InChI is InChI=1S/C17H22N4O3S/c1-20(9-8-13-11-18-21(2)12-13)17(22)14-4-3-5-16(10-14)25(23,24)19-15-6-7-15/h3-5,10-12,15,19H,6-9H2,1-2H3. The van der Waals surface area contributed by atoms with Crippen LogP contribution in [0.2, 0.25) is 0 Å². The molecular weight excluding hydrogens is 340 g/mol. The Bertz CT molecular complexity index is 872. The molecule has 3 rings (SSSR count). The Hall–Kier alpha value is -2.19. The molecule has 0 bridgehead atoms. The molecule has 0 unspecified atom stereocenters. The Labute approximate surface area is 147 Å². The molecule has 0 spiro atoms. The molecule has 1 heterocycles. The van der Waals surface area contributed by atoms with Crippen LogP contribution in [-0.2, 0) is 23.5 Å². The summed E-state index contributed by atoms with van der Waals surface area (Å²) in [5.41, 5.74) is 1.42. The first-order valence-corrected chi connectivity index (χ1v) is 9.69. The van der Waals surface area contributed by atoms with Crippen LogP contribution in [0.4, 0.5) is 0 Å². The van der Waals surface area contributed by atoms with E-state index in [0.717, 1.165) is 18.4 Å². The van der Waals surface area contributed by atoms with Gasteiger partial charge in [0.15, 0.2) is 0 Å². The average Bonchev–Trinajstić information content (AvgIpc) is 3.29. The smallest absolute Gasteiger partial charge is 0.253 e. The summed E-state index contributed by atoms with van der Waals surface area (Å²) in [5, 5.41) is 4.10. The Kier molecular flexibility index (Phi) is 4.91. The van der Waals surface area contributed by atoms with Crippen molar-refractivity contribution in [2.45, 2.75) is 30.2 Å². The summed E-state index contributed by atoms with van der Waals surface area (Å²) in [5.74, 6) is -0.202. The lowest BCUT2D eigenvalue weighted by Gasteiger charge is -2.17. The van der Waals surface area contributed by atoms with Crippen molar-refractivity contribution in [2.24, 2.45) is 7.05 Å². The van der Waals surface area contributed by atoms with Gasteiger partial charge < -0.3 is 4.90 Å². The van der Waals surface area contributed by atoms with Gasteiger partial charge >= 0.3 is 0 Å². The van der Waals surface area contributed by atoms with Gasteiger partial charge in [-0.15, -0.1) is 0 Å². The first kappa shape index (κ1) is 17.6. The van der Waals surface area contributed by atoms with Crippen LogP contribution >= 0.6 is 0 Å². The van der Waals surface area contributed by atoms with Crippen molar-refractivity contribution in [3.8, 4) is 0 Å². The maximum atomic E-state index is 12.6. The third kappa shape index (κ3) is 4.46. The number of aryl methyl sites for hydroxylation is 1. The molecule has 1 aliphatic carbocycles. The number of amides is 1. The molecule has 8 heteroatoms. The molecular formula is C17H22N4O3S. The van der Waals surface area contributed by atoms with E-state index in [9.17, 15) is 13.2 Å². The monoisotopic (exact) mass is 362 g/mol. The molecule has 134 valence electrons. The molecule has 1 aromatic carbocycles.